The van der Waals surface area contributed by atoms with E-state index in [4.69, 9.17) is 5.73 Å². The number of nitrogens with zero attached hydrogens (tertiary/aromatic N) is 1. The standard InChI is InChI=1S/C16H20BrFN2S/c1-3-14(19)16(15-8-12(17)10-21-15)20(2)9-11-6-4-5-7-13(11)18/h4-8,10,14,16H,3,9,19H2,1-2H3. The van der Waals surface area contributed by atoms with Crippen LogP contribution in [0.5, 0.6) is 0 Å². The van der Waals surface area contributed by atoms with Gasteiger partial charge in [-0.1, -0.05) is 25.1 Å². The molecule has 2 aromatic rings. The zero-order chi connectivity index (χ0) is 15.4. The summed E-state index contributed by atoms with van der Waals surface area (Å²) in [4.78, 5) is 3.33. The van der Waals surface area contributed by atoms with Gasteiger partial charge in [-0.05, 0) is 41.5 Å². The van der Waals surface area contributed by atoms with E-state index in [1.807, 2.05) is 19.2 Å². The molecule has 0 saturated carbocycles. The first-order valence-corrected chi connectivity index (χ1v) is 8.63. The Labute approximate surface area is 137 Å². The Morgan fingerprint density at radius 2 is 2.10 bits per heavy atom. The highest BCUT2D eigenvalue weighted by Crippen LogP contribution is 2.32. The minimum atomic E-state index is -0.166. The van der Waals surface area contributed by atoms with E-state index in [-0.39, 0.29) is 17.9 Å². The molecule has 5 heteroatoms. The number of hydrogen-bond donors (Lipinski definition) is 1. The first-order chi connectivity index (χ1) is 10.0. The number of hydrogen-bond acceptors (Lipinski definition) is 3. The monoisotopic (exact) mass is 370 g/mol. The third-order valence-electron chi connectivity index (χ3n) is 3.61. The Morgan fingerprint density at radius 3 is 2.67 bits per heavy atom. The Morgan fingerprint density at radius 1 is 1.38 bits per heavy atom. The van der Waals surface area contributed by atoms with E-state index in [2.05, 4.69) is 39.2 Å². The van der Waals surface area contributed by atoms with Gasteiger partial charge in [-0.15, -0.1) is 11.3 Å². The van der Waals surface area contributed by atoms with Crippen LogP contribution in [0.3, 0.4) is 0 Å². The summed E-state index contributed by atoms with van der Waals surface area (Å²) < 4.78 is 14.9. The van der Waals surface area contributed by atoms with Gasteiger partial charge in [0.2, 0.25) is 0 Å². The molecule has 0 spiro atoms. The molecule has 1 aromatic heterocycles. The van der Waals surface area contributed by atoms with Crippen molar-refractivity contribution in [1.82, 2.24) is 4.90 Å². The first-order valence-electron chi connectivity index (χ1n) is 6.96. The van der Waals surface area contributed by atoms with E-state index in [1.165, 1.54) is 10.9 Å². The molecule has 1 heterocycles. The largest absolute Gasteiger partial charge is 0.326 e. The lowest BCUT2D eigenvalue weighted by Crippen LogP contribution is -2.38. The predicted octanol–water partition coefficient (Wildman–Crippen LogP) is 4.56. The van der Waals surface area contributed by atoms with Gasteiger partial charge in [0, 0.05) is 32.9 Å². The van der Waals surface area contributed by atoms with Crippen LogP contribution in [0.2, 0.25) is 0 Å². The van der Waals surface area contributed by atoms with Gasteiger partial charge in [0.25, 0.3) is 0 Å². The van der Waals surface area contributed by atoms with Crippen LogP contribution >= 0.6 is 27.3 Å². The summed E-state index contributed by atoms with van der Waals surface area (Å²) in [7, 11) is 2.00. The molecule has 0 amide bonds. The molecule has 0 aliphatic carbocycles. The van der Waals surface area contributed by atoms with Gasteiger partial charge in [0.1, 0.15) is 5.82 Å². The Bertz CT molecular complexity index is 587. The molecule has 2 atom stereocenters. The average molecular weight is 371 g/mol. The van der Waals surface area contributed by atoms with Crippen LogP contribution in [0.4, 0.5) is 4.39 Å². The fourth-order valence-corrected chi connectivity index (χ4v) is 4.14. The van der Waals surface area contributed by atoms with Gasteiger partial charge in [0.15, 0.2) is 0 Å². The summed E-state index contributed by atoms with van der Waals surface area (Å²) in [5, 5.41) is 2.06. The lowest BCUT2D eigenvalue weighted by Gasteiger charge is -2.31. The summed E-state index contributed by atoms with van der Waals surface area (Å²) in [6, 6.07) is 9.11. The molecule has 0 aliphatic rings. The van der Waals surface area contributed by atoms with E-state index >= 15 is 0 Å². The number of benzene rings is 1. The van der Waals surface area contributed by atoms with Crippen LogP contribution in [-0.2, 0) is 6.54 Å². The van der Waals surface area contributed by atoms with Gasteiger partial charge in [0.05, 0.1) is 6.04 Å². The summed E-state index contributed by atoms with van der Waals surface area (Å²) in [5.74, 6) is -0.166. The molecular formula is C16H20BrFN2S. The maximum atomic E-state index is 13.8. The van der Waals surface area contributed by atoms with Gasteiger partial charge in [-0.3, -0.25) is 4.90 Å². The van der Waals surface area contributed by atoms with Crippen molar-refractivity contribution in [2.45, 2.75) is 32.0 Å². The smallest absolute Gasteiger partial charge is 0.127 e. The number of nitrogens with two attached hydrogens (primary N) is 1. The van der Waals surface area contributed by atoms with Gasteiger partial charge in [-0.2, -0.15) is 0 Å². The van der Waals surface area contributed by atoms with Crippen molar-refractivity contribution in [3.05, 3.63) is 56.4 Å². The molecule has 0 radical (unpaired) electrons. The summed E-state index contributed by atoms with van der Waals surface area (Å²) in [5.41, 5.74) is 7.01. The van der Waals surface area contributed by atoms with Crippen molar-refractivity contribution in [2.24, 2.45) is 5.73 Å². The lowest BCUT2D eigenvalue weighted by molar-refractivity contribution is 0.202. The van der Waals surface area contributed by atoms with Gasteiger partial charge < -0.3 is 5.73 Å². The minimum absolute atomic E-state index is 0.0207. The van der Waals surface area contributed by atoms with E-state index in [0.29, 0.717) is 12.1 Å². The fourth-order valence-electron chi connectivity index (χ4n) is 2.46. The predicted molar refractivity (Wildman–Crippen MR) is 90.9 cm³/mol. The van der Waals surface area contributed by atoms with Crippen LogP contribution in [-0.4, -0.2) is 18.0 Å². The van der Waals surface area contributed by atoms with Crippen molar-refractivity contribution in [2.75, 3.05) is 7.05 Å². The molecule has 0 bridgehead atoms. The molecule has 0 saturated heterocycles. The lowest BCUT2D eigenvalue weighted by atomic mass is 10.0. The molecule has 2 rings (SSSR count). The number of likely N-dealkylation sites (N-methyl/N-ethyl adjacent to an activating group) is 1. The topological polar surface area (TPSA) is 29.3 Å². The third kappa shape index (κ3) is 4.13. The third-order valence-corrected chi connectivity index (χ3v) is 5.37. The number of rotatable bonds is 6. The van der Waals surface area contributed by atoms with Crippen molar-refractivity contribution in [3.8, 4) is 0 Å². The molecule has 2 unspecified atom stereocenters. The van der Waals surface area contributed by atoms with E-state index in [0.717, 1.165) is 10.9 Å². The van der Waals surface area contributed by atoms with Crippen molar-refractivity contribution in [3.63, 3.8) is 0 Å². The van der Waals surface area contributed by atoms with Crippen LogP contribution in [0, 0.1) is 5.82 Å². The maximum Gasteiger partial charge on any atom is 0.127 e. The van der Waals surface area contributed by atoms with Crippen LogP contribution in [0.1, 0.15) is 29.8 Å². The second-order valence-corrected chi connectivity index (χ2v) is 7.05. The van der Waals surface area contributed by atoms with Gasteiger partial charge >= 0.3 is 0 Å². The number of halogens is 2. The molecule has 1 aromatic carbocycles. The van der Waals surface area contributed by atoms with Crippen LogP contribution in [0.15, 0.2) is 40.2 Å². The molecule has 0 fully saturated rings. The van der Waals surface area contributed by atoms with Gasteiger partial charge in [-0.25, -0.2) is 4.39 Å². The molecule has 114 valence electrons. The Balaban J connectivity index is 2.22. The minimum Gasteiger partial charge on any atom is -0.326 e. The van der Waals surface area contributed by atoms with Crippen LogP contribution in [0.25, 0.3) is 0 Å². The average Bonchev–Trinajstić information content (AvgIpc) is 2.87. The second kappa shape index (κ2) is 7.49. The first kappa shape index (κ1) is 16.6. The number of thiophene rings is 1. The Hall–Kier alpha value is -0.750. The Kier molecular flexibility index (Phi) is 5.93. The molecule has 0 aliphatic heterocycles. The van der Waals surface area contributed by atoms with Crippen molar-refractivity contribution < 1.29 is 4.39 Å². The summed E-state index contributed by atoms with van der Waals surface area (Å²) >= 11 is 5.17. The zero-order valence-corrected chi connectivity index (χ0v) is 14.6. The zero-order valence-electron chi connectivity index (χ0n) is 12.2. The normalized spacial score (nSPS) is 14.4. The maximum absolute atomic E-state index is 13.8. The second-order valence-electron chi connectivity index (χ2n) is 5.19. The summed E-state index contributed by atoms with van der Waals surface area (Å²) in [6.45, 7) is 2.62. The molecule has 2 N–H and O–H groups in total. The quantitative estimate of drug-likeness (QED) is 0.807. The van der Waals surface area contributed by atoms with Crippen LogP contribution < -0.4 is 5.73 Å². The fraction of sp³-hybridized carbons (Fsp3) is 0.375. The SMILES string of the molecule is CCC(N)C(c1cc(Br)cs1)N(C)Cc1ccccc1F. The van der Waals surface area contributed by atoms with Crippen molar-refractivity contribution in [1.29, 1.82) is 0 Å². The molecule has 21 heavy (non-hydrogen) atoms. The highest BCUT2D eigenvalue weighted by atomic mass is 79.9. The summed E-state index contributed by atoms with van der Waals surface area (Å²) in [6.07, 6.45) is 0.877. The van der Waals surface area contributed by atoms with E-state index < -0.39 is 0 Å². The molecule has 2 nitrogen and oxygen atoms in total. The van der Waals surface area contributed by atoms with E-state index in [9.17, 15) is 4.39 Å². The highest BCUT2D eigenvalue weighted by Gasteiger charge is 2.25. The molecular weight excluding hydrogens is 351 g/mol. The highest BCUT2D eigenvalue weighted by molar-refractivity contribution is 9.10. The van der Waals surface area contributed by atoms with Crippen molar-refractivity contribution >= 4 is 27.3 Å². The van der Waals surface area contributed by atoms with E-state index in [1.54, 1.807) is 17.4 Å².